The highest BCUT2D eigenvalue weighted by Crippen LogP contribution is 2.60. The highest BCUT2D eigenvalue weighted by Gasteiger charge is 2.44. The number of nitrogens with zero attached hydrogens (tertiary/aromatic N) is 1. The van der Waals surface area contributed by atoms with Gasteiger partial charge in [-0.25, -0.2) is 9.78 Å². The van der Waals surface area contributed by atoms with Gasteiger partial charge in [-0.1, -0.05) is 0 Å². The van der Waals surface area contributed by atoms with Gasteiger partial charge in [-0.15, -0.1) is 11.3 Å². The summed E-state index contributed by atoms with van der Waals surface area (Å²) in [7, 11) is -1.38. The molecule has 10 heteroatoms. The van der Waals surface area contributed by atoms with Gasteiger partial charge in [-0.2, -0.15) is 0 Å². The summed E-state index contributed by atoms with van der Waals surface area (Å²) in [5, 5.41) is 4.02. The van der Waals surface area contributed by atoms with Crippen molar-refractivity contribution < 1.29 is 27.9 Å². The Balaban J connectivity index is 3.01. The maximum absolute atomic E-state index is 12.8. The number of carbonyl (C=O) groups is 2. The number of nitrogens with one attached hydrogen (secondary N) is 1. The number of rotatable bonds is 7. The Kier molecular flexibility index (Phi) is 7.10. The van der Waals surface area contributed by atoms with Crippen molar-refractivity contribution in [1.82, 2.24) is 10.3 Å². The van der Waals surface area contributed by atoms with Crippen molar-refractivity contribution in [2.24, 2.45) is 0 Å². The Morgan fingerprint density at radius 3 is 2.29 bits per heavy atom. The van der Waals surface area contributed by atoms with Crippen LogP contribution >= 0.6 is 18.9 Å². The predicted molar refractivity (Wildman–Crippen MR) is 90.3 cm³/mol. The van der Waals surface area contributed by atoms with Gasteiger partial charge in [0.1, 0.15) is 5.60 Å². The standard InChI is InChI=1S/C14H23N2O6PS/c1-9(16-13(18)22-14(2,3)4)11(17)12(10-7-24-8-15-10)23(19,20-5)21-6/h7-9,12H,1-6H3,(H,16,18). The molecule has 1 aromatic heterocycles. The highest BCUT2D eigenvalue weighted by atomic mass is 32.1. The Hall–Kier alpha value is -1.28. The fourth-order valence-corrected chi connectivity index (χ4v) is 4.15. The van der Waals surface area contributed by atoms with Crippen molar-refractivity contribution in [3.05, 3.63) is 16.6 Å². The van der Waals surface area contributed by atoms with Crippen LogP contribution in [0.4, 0.5) is 4.79 Å². The SMILES string of the molecule is COP(=O)(OC)C(C(=O)C(C)NC(=O)OC(C)(C)C)c1cscn1. The van der Waals surface area contributed by atoms with Crippen LogP contribution in [0.25, 0.3) is 0 Å². The van der Waals surface area contributed by atoms with Crippen LogP contribution in [0.5, 0.6) is 0 Å². The molecule has 0 radical (unpaired) electrons. The van der Waals surface area contributed by atoms with Crippen molar-refractivity contribution in [3.63, 3.8) is 0 Å². The van der Waals surface area contributed by atoms with E-state index in [0.29, 0.717) is 0 Å². The van der Waals surface area contributed by atoms with E-state index in [1.807, 2.05) is 0 Å². The van der Waals surface area contributed by atoms with Gasteiger partial charge in [-0.3, -0.25) is 9.36 Å². The topological polar surface area (TPSA) is 104 Å². The summed E-state index contributed by atoms with van der Waals surface area (Å²) in [5.74, 6) is -0.543. The van der Waals surface area contributed by atoms with Crippen LogP contribution in [0, 0.1) is 0 Å². The number of ketones is 1. The van der Waals surface area contributed by atoms with Crippen molar-refractivity contribution in [1.29, 1.82) is 0 Å². The second-order valence-corrected chi connectivity index (χ2v) is 9.04. The summed E-state index contributed by atoms with van der Waals surface area (Å²) in [4.78, 5) is 28.7. The number of carbonyl (C=O) groups excluding carboxylic acids is 2. The lowest BCUT2D eigenvalue weighted by Gasteiger charge is -2.26. The van der Waals surface area contributed by atoms with Crippen LogP contribution in [0.2, 0.25) is 0 Å². The average Bonchev–Trinajstić information content (AvgIpc) is 2.98. The molecular formula is C14H23N2O6PS. The minimum atomic E-state index is -3.77. The lowest BCUT2D eigenvalue weighted by molar-refractivity contribution is -0.120. The van der Waals surface area contributed by atoms with Gasteiger partial charge in [-0.05, 0) is 27.7 Å². The van der Waals surface area contributed by atoms with Crippen LogP contribution < -0.4 is 5.32 Å². The molecule has 0 saturated carbocycles. The van der Waals surface area contributed by atoms with Gasteiger partial charge < -0.3 is 19.1 Å². The van der Waals surface area contributed by atoms with E-state index in [4.69, 9.17) is 13.8 Å². The molecule has 1 amide bonds. The quantitative estimate of drug-likeness (QED) is 0.727. The molecule has 0 aliphatic rings. The second-order valence-electron chi connectivity index (χ2n) is 5.99. The Morgan fingerprint density at radius 1 is 1.29 bits per heavy atom. The summed E-state index contributed by atoms with van der Waals surface area (Å²) >= 11 is 1.25. The second kappa shape index (κ2) is 8.20. The fraction of sp³-hybridized carbons (Fsp3) is 0.643. The molecule has 1 aromatic rings. The number of hydrogen-bond donors (Lipinski definition) is 1. The molecule has 0 fully saturated rings. The van der Waals surface area contributed by atoms with E-state index in [2.05, 4.69) is 10.3 Å². The van der Waals surface area contributed by atoms with Crippen LogP contribution in [-0.4, -0.2) is 42.7 Å². The Bertz CT molecular complexity index is 605. The number of thiazole rings is 1. The summed E-state index contributed by atoms with van der Waals surface area (Å²) in [6, 6.07) is -0.967. The molecule has 2 unspecified atom stereocenters. The van der Waals surface area contributed by atoms with Crippen molar-refractivity contribution in [2.75, 3.05) is 14.2 Å². The number of alkyl carbamates (subject to hydrolysis) is 1. The Labute approximate surface area is 145 Å². The van der Waals surface area contributed by atoms with Crippen molar-refractivity contribution in [3.8, 4) is 0 Å². The van der Waals surface area contributed by atoms with Gasteiger partial charge in [0.15, 0.2) is 11.4 Å². The zero-order chi connectivity index (χ0) is 18.5. The van der Waals surface area contributed by atoms with Crippen LogP contribution in [0.15, 0.2) is 10.9 Å². The van der Waals surface area contributed by atoms with Crippen LogP contribution in [0.1, 0.15) is 39.0 Å². The van der Waals surface area contributed by atoms with E-state index in [9.17, 15) is 14.2 Å². The molecule has 8 nitrogen and oxygen atoms in total. The van der Waals surface area contributed by atoms with Crippen LogP contribution in [-0.2, 0) is 23.1 Å². The van der Waals surface area contributed by atoms with Crippen LogP contribution in [0.3, 0.4) is 0 Å². The van der Waals surface area contributed by atoms with Gasteiger partial charge in [0.25, 0.3) is 0 Å². The Morgan fingerprint density at radius 2 is 1.88 bits per heavy atom. The lowest BCUT2D eigenvalue weighted by Crippen LogP contribution is -2.43. The summed E-state index contributed by atoms with van der Waals surface area (Å²) in [6.07, 6.45) is -0.745. The van der Waals surface area contributed by atoms with E-state index < -0.39 is 36.8 Å². The molecule has 0 saturated heterocycles. The van der Waals surface area contributed by atoms with Gasteiger partial charge in [0.2, 0.25) is 0 Å². The first kappa shape index (κ1) is 20.8. The highest BCUT2D eigenvalue weighted by molar-refractivity contribution is 7.55. The molecule has 0 spiro atoms. The molecule has 1 N–H and O–H groups in total. The molecule has 0 aliphatic carbocycles. The van der Waals surface area contributed by atoms with E-state index in [1.54, 1.807) is 26.2 Å². The zero-order valence-electron chi connectivity index (χ0n) is 14.6. The molecule has 0 aliphatic heterocycles. The molecular weight excluding hydrogens is 355 g/mol. The van der Waals surface area contributed by atoms with Gasteiger partial charge in [0, 0.05) is 19.6 Å². The minimum Gasteiger partial charge on any atom is -0.444 e. The van der Waals surface area contributed by atoms with E-state index in [0.717, 1.165) is 0 Å². The molecule has 1 rings (SSSR count). The normalized spacial score (nSPS) is 14.8. The number of aromatic nitrogens is 1. The first-order valence-corrected chi connectivity index (χ1v) is 9.72. The first-order chi connectivity index (χ1) is 11.0. The van der Waals surface area contributed by atoms with Crippen molar-refractivity contribution in [2.45, 2.75) is 45.0 Å². The number of amides is 1. The summed E-state index contributed by atoms with van der Waals surface area (Å²) in [6.45, 7) is 6.60. The fourth-order valence-electron chi connectivity index (χ4n) is 1.90. The third kappa shape index (κ3) is 5.37. The van der Waals surface area contributed by atoms with E-state index in [-0.39, 0.29) is 5.69 Å². The average molecular weight is 378 g/mol. The molecule has 1 heterocycles. The van der Waals surface area contributed by atoms with Gasteiger partial charge in [0.05, 0.1) is 17.2 Å². The predicted octanol–water partition coefficient (Wildman–Crippen LogP) is 3.15. The summed E-state index contributed by atoms with van der Waals surface area (Å²) < 4.78 is 27.8. The number of hydrogen-bond acceptors (Lipinski definition) is 8. The minimum absolute atomic E-state index is 0.273. The summed E-state index contributed by atoms with van der Waals surface area (Å²) in [5.41, 5.74) is -0.147. The monoisotopic (exact) mass is 378 g/mol. The largest absolute Gasteiger partial charge is 0.444 e. The zero-order valence-corrected chi connectivity index (χ0v) is 16.3. The number of ether oxygens (including phenoxy) is 1. The van der Waals surface area contributed by atoms with Gasteiger partial charge >= 0.3 is 13.7 Å². The third-order valence-corrected chi connectivity index (χ3v) is 5.76. The first-order valence-electron chi connectivity index (χ1n) is 7.16. The molecule has 24 heavy (non-hydrogen) atoms. The molecule has 0 bridgehead atoms. The maximum Gasteiger partial charge on any atom is 0.408 e. The third-order valence-electron chi connectivity index (χ3n) is 2.99. The van der Waals surface area contributed by atoms with E-state index >= 15 is 0 Å². The smallest absolute Gasteiger partial charge is 0.408 e. The molecule has 136 valence electrons. The lowest BCUT2D eigenvalue weighted by atomic mass is 10.1. The van der Waals surface area contributed by atoms with Crippen molar-refractivity contribution >= 4 is 30.8 Å². The molecule has 0 aromatic carbocycles. The maximum atomic E-state index is 12.8. The van der Waals surface area contributed by atoms with E-state index in [1.165, 1.54) is 38.0 Å². The number of Topliss-reactive ketones (excluding diaryl/α,β-unsaturated/α-hetero) is 1. The molecule has 2 atom stereocenters.